The number of anilines is 2. The van der Waals surface area contributed by atoms with Crippen molar-refractivity contribution in [3.63, 3.8) is 0 Å². The Kier molecular flexibility index (Phi) is 5.21. The summed E-state index contributed by atoms with van der Waals surface area (Å²) in [5, 5.41) is 12.6. The molecule has 0 bridgehead atoms. The van der Waals surface area contributed by atoms with Gasteiger partial charge in [0.2, 0.25) is 5.95 Å². The normalized spacial score (nSPS) is 16.4. The van der Waals surface area contributed by atoms with Gasteiger partial charge in [-0.3, -0.25) is 0 Å². The predicted octanol–water partition coefficient (Wildman–Crippen LogP) is 3.13. The lowest BCUT2D eigenvalue weighted by Gasteiger charge is -2.38. The minimum Gasteiger partial charge on any atom is -0.480 e. The molecule has 0 spiro atoms. The van der Waals surface area contributed by atoms with Crippen molar-refractivity contribution < 1.29 is 9.90 Å². The molecule has 2 heterocycles. The highest BCUT2D eigenvalue weighted by Crippen LogP contribution is 2.30. The molecule has 25 heavy (non-hydrogen) atoms. The highest BCUT2D eigenvalue weighted by atomic mass is 16.4. The van der Waals surface area contributed by atoms with Crippen LogP contribution < -0.4 is 10.2 Å². The summed E-state index contributed by atoms with van der Waals surface area (Å²) in [6.45, 7) is 1.73. The molecule has 7 nitrogen and oxygen atoms in total. The third kappa shape index (κ3) is 3.75. The molecule has 2 aromatic heterocycles. The second kappa shape index (κ2) is 7.55. The summed E-state index contributed by atoms with van der Waals surface area (Å²) < 4.78 is 0. The second-order valence-electron chi connectivity index (χ2n) is 6.48. The van der Waals surface area contributed by atoms with Gasteiger partial charge in [-0.15, -0.1) is 0 Å². The summed E-state index contributed by atoms with van der Waals surface area (Å²) in [7, 11) is 1.77. The van der Waals surface area contributed by atoms with Gasteiger partial charge < -0.3 is 20.3 Å². The number of hydrogen-bond acceptors (Lipinski definition) is 5. The molecular weight excluding hydrogens is 318 g/mol. The van der Waals surface area contributed by atoms with E-state index in [2.05, 4.69) is 20.3 Å². The largest absolute Gasteiger partial charge is 0.480 e. The Morgan fingerprint density at radius 2 is 2.12 bits per heavy atom. The van der Waals surface area contributed by atoms with Gasteiger partial charge >= 0.3 is 5.97 Å². The van der Waals surface area contributed by atoms with Crippen molar-refractivity contribution in [2.45, 2.75) is 51.1 Å². The molecule has 2 aromatic rings. The van der Waals surface area contributed by atoms with E-state index < -0.39 is 12.0 Å². The summed E-state index contributed by atoms with van der Waals surface area (Å²) in [5.41, 5.74) is 1.63. The van der Waals surface area contributed by atoms with E-state index in [4.69, 9.17) is 0 Å². The number of aromatic amines is 1. The first-order valence-corrected chi connectivity index (χ1v) is 8.82. The topological polar surface area (TPSA) is 94.1 Å². The number of nitrogens with one attached hydrogen (secondary N) is 2. The van der Waals surface area contributed by atoms with Crippen LogP contribution in [0.4, 0.5) is 11.8 Å². The predicted molar refractivity (Wildman–Crippen MR) is 97.8 cm³/mol. The molecule has 7 heteroatoms. The maximum atomic E-state index is 11.7. The molecule has 3 rings (SSSR count). The standard InChI is InChI=1S/C18H25N5O2/c1-12(17(24)25)23(13-7-4-3-5-8-13)16-11-15(14-9-6-10-20-14)21-18(19-2)22-16/h6,9-13,20H,3-5,7-8H2,1-2H3,(H,24,25)(H,19,21,22)/t12-/m0/s1. The number of H-pyrrole nitrogens is 1. The first kappa shape index (κ1) is 17.3. The fourth-order valence-corrected chi connectivity index (χ4v) is 3.49. The molecule has 1 atom stereocenters. The molecule has 0 amide bonds. The molecule has 1 saturated carbocycles. The summed E-state index contributed by atoms with van der Waals surface area (Å²) in [6, 6.07) is 5.28. The first-order valence-electron chi connectivity index (χ1n) is 8.82. The maximum absolute atomic E-state index is 11.7. The van der Waals surface area contributed by atoms with E-state index in [1.807, 2.05) is 29.3 Å². The zero-order chi connectivity index (χ0) is 17.8. The Morgan fingerprint density at radius 3 is 2.72 bits per heavy atom. The van der Waals surface area contributed by atoms with Crippen LogP contribution in [-0.2, 0) is 4.79 Å². The van der Waals surface area contributed by atoms with Crippen molar-refractivity contribution in [3.8, 4) is 11.4 Å². The van der Waals surface area contributed by atoms with Gasteiger partial charge in [-0.2, -0.15) is 4.98 Å². The average Bonchev–Trinajstić information content (AvgIpc) is 3.17. The Morgan fingerprint density at radius 1 is 1.36 bits per heavy atom. The van der Waals surface area contributed by atoms with Gasteiger partial charge in [-0.25, -0.2) is 9.78 Å². The lowest BCUT2D eigenvalue weighted by atomic mass is 9.93. The maximum Gasteiger partial charge on any atom is 0.326 e. The van der Waals surface area contributed by atoms with Gasteiger partial charge in [-0.1, -0.05) is 19.3 Å². The third-order valence-corrected chi connectivity index (χ3v) is 4.82. The van der Waals surface area contributed by atoms with Crippen LogP contribution in [0, 0.1) is 0 Å². The average molecular weight is 343 g/mol. The second-order valence-corrected chi connectivity index (χ2v) is 6.48. The molecule has 0 radical (unpaired) electrons. The Hall–Kier alpha value is -2.57. The Balaban J connectivity index is 2.04. The van der Waals surface area contributed by atoms with Crippen LogP contribution in [0.3, 0.4) is 0 Å². The van der Waals surface area contributed by atoms with Crippen LogP contribution in [-0.4, -0.2) is 45.2 Å². The van der Waals surface area contributed by atoms with Crippen molar-refractivity contribution in [3.05, 3.63) is 24.4 Å². The van der Waals surface area contributed by atoms with Crippen LogP contribution in [0.25, 0.3) is 11.4 Å². The fourth-order valence-electron chi connectivity index (χ4n) is 3.49. The van der Waals surface area contributed by atoms with Crippen LogP contribution in [0.2, 0.25) is 0 Å². The number of carboxylic acid groups (broad SMARTS) is 1. The lowest BCUT2D eigenvalue weighted by Crippen LogP contribution is -2.47. The van der Waals surface area contributed by atoms with Crippen LogP contribution in [0.5, 0.6) is 0 Å². The number of aromatic nitrogens is 3. The van der Waals surface area contributed by atoms with E-state index in [0.717, 1.165) is 37.1 Å². The summed E-state index contributed by atoms with van der Waals surface area (Å²) in [4.78, 5) is 25.9. The summed E-state index contributed by atoms with van der Waals surface area (Å²) in [6.07, 6.45) is 7.30. The van der Waals surface area contributed by atoms with E-state index in [9.17, 15) is 9.90 Å². The fraction of sp³-hybridized carbons (Fsp3) is 0.500. The van der Waals surface area contributed by atoms with E-state index >= 15 is 0 Å². The van der Waals surface area contributed by atoms with Gasteiger partial charge in [-0.05, 0) is 31.9 Å². The number of rotatable bonds is 6. The number of carboxylic acids is 1. The Bertz CT molecular complexity index is 710. The highest BCUT2D eigenvalue weighted by molar-refractivity contribution is 5.78. The van der Waals surface area contributed by atoms with Crippen molar-refractivity contribution in [2.24, 2.45) is 0 Å². The van der Waals surface area contributed by atoms with Crippen molar-refractivity contribution in [2.75, 3.05) is 17.3 Å². The molecule has 0 unspecified atom stereocenters. The van der Waals surface area contributed by atoms with Gasteiger partial charge in [0.1, 0.15) is 11.9 Å². The number of carbonyl (C=O) groups is 1. The molecule has 0 aliphatic heterocycles. The quantitative estimate of drug-likeness (QED) is 0.746. The Labute approximate surface area is 147 Å². The van der Waals surface area contributed by atoms with Crippen molar-refractivity contribution >= 4 is 17.7 Å². The minimum absolute atomic E-state index is 0.191. The van der Waals surface area contributed by atoms with Crippen LogP contribution >= 0.6 is 0 Å². The van der Waals surface area contributed by atoms with Gasteiger partial charge in [0.05, 0.1) is 11.4 Å². The van der Waals surface area contributed by atoms with E-state index in [1.54, 1.807) is 14.0 Å². The van der Waals surface area contributed by atoms with Gasteiger partial charge in [0, 0.05) is 25.4 Å². The van der Waals surface area contributed by atoms with E-state index in [1.165, 1.54) is 6.42 Å². The molecular formula is C18H25N5O2. The molecule has 1 fully saturated rings. The van der Waals surface area contributed by atoms with E-state index in [0.29, 0.717) is 11.8 Å². The molecule has 1 aliphatic carbocycles. The zero-order valence-electron chi connectivity index (χ0n) is 14.7. The third-order valence-electron chi connectivity index (χ3n) is 4.82. The minimum atomic E-state index is -0.836. The van der Waals surface area contributed by atoms with Crippen LogP contribution in [0.15, 0.2) is 24.4 Å². The van der Waals surface area contributed by atoms with Crippen LogP contribution in [0.1, 0.15) is 39.0 Å². The first-order chi connectivity index (χ1) is 12.1. The molecule has 134 valence electrons. The lowest BCUT2D eigenvalue weighted by molar-refractivity contribution is -0.138. The van der Waals surface area contributed by atoms with Gasteiger partial charge in [0.25, 0.3) is 0 Å². The number of aliphatic carboxylic acids is 1. The SMILES string of the molecule is CNc1nc(-c2ccc[nH]2)cc(N(C2CCCCC2)[C@@H](C)C(=O)O)n1. The van der Waals surface area contributed by atoms with Crippen molar-refractivity contribution in [1.29, 1.82) is 0 Å². The molecule has 1 aliphatic rings. The smallest absolute Gasteiger partial charge is 0.326 e. The summed E-state index contributed by atoms with van der Waals surface area (Å²) in [5.74, 6) is 0.308. The molecule has 0 saturated heterocycles. The van der Waals surface area contributed by atoms with E-state index in [-0.39, 0.29) is 6.04 Å². The van der Waals surface area contributed by atoms with Gasteiger partial charge in [0.15, 0.2) is 0 Å². The number of nitrogens with zero attached hydrogens (tertiary/aromatic N) is 3. The zero-order valence-corrected chi connectivity index (χ0v) is 14.7. The molecule has 0 aromatic carbocycles. The summed E-state index contributed by atoms with van der Waals surface area (Å²) >= 11 is 0. The highest BCUT2D eigenvalue weighted by Gasteiger charge is 2.31. The van der Waals surface area contributed by atoms with Crippen molar-refractivity contribution in [1.82, 2.24) is 15.0 Å². The monoisotopic (exact) mass is 343 g/mol. The molecule has 3 N–H and O–H groups in total. The number of hydrogen-bond donors (Lipinski definition) is 3.